The first-order chi connectivity index (χ1) is 16.4. The van der Waals surface area contributed by atoms with Gasteiger partial charge in [-0.2, -0.15) is 0 Å². The molecule has 4 aromatic rings. The average molecular weight is 453 g/mol. The maximum atomic E-state index is 12.7. The lowest BCUT2D eigenvalue weighted by Crippen LogP contribution is -2.21. The molecule has 2 heterocycles. The highest BCUT2D eigenvalue weighted by Crippen LogP contribution is 2.24. The molecule has 0 aliphatic carbocycles. The third-order valence-corrected chi connectivity index (χ3v) is 5.16. The molecule has 0 atom stereocenters. The monoisotopic (exact) mass is 452 g/mol. The first-order valence-electron chi connectivity index (χ1n) is 10.6. The standard InChI is InChI=1S/C26H24N6O2/c1-17-6-11-21(29-24(33)18-7-9-19(10-8-18)25(34)32(2)3)15-23(17)31-26-28-14-12-22(30-26)20-5-4-13-27-16-20/h4-16H,1-3H3,(H,29,33)(H,28,30,31). The highest BCUT2D eigenvalue weighted by atomic mass is 16.2. The zero-order valence-corrected chi connectivity index (χ0v) is 19.1. The van der Waals surface area contributed by atoms with E-state index in [-0.39, 0.29) is 11.8 Å². The molecule has 0 aliphatic rings. The Bertz CT molecular complexity index is 1320. The van der Waals surface area contributed by atoms with E-state index in [4.69, 9.17) is 0 Å². The molecule has 0 aliphatic heterocycles. The van der Waals surface area contributed by atoms with Gasteiger partial charge in [-0.25, -0.2) is 9.97 Å². The molecule has 4 rings (SSSR count). The summed E-state index contributed by atoms with van der Waals surface area (Å²) < 4.78 is 0. The lowest BCUT2D eigenvalue weighted by molar-refractivity contribution is 0.0827. The number of benzene rings is 2. The molecule has 0 bridgehead atoms. The summed E-state index contributed by atoms with van der Waals surface area (Å²) in [7, 11) is 3.37. The number of hydrogen-bond acceptors (Lipinski definition) is 6. The predicted molar refractivity (Wildman–Crippen MR) is 132 cm³/mol. The largest absolute Gasteiger partial charge is 0.345 e. The minimum atomic E-state index is -0.270. The average Bonchev–Trinajstić information content (AvgIpc) is 2.86. The second-order valence-corrected chi connectivity index (χ2v) is 7.89. The molecule has 0 fully saturated rings. The Morgan fingerprint density at radius 1 is 0.912 bits per heavy atom. The van der Waals surface area contributed by atoms with Crippen LogP contribution in [0.5, 0.6) is 0 Å². The van der Waals surface area contributed by atoms with Crippen LogP contribution in [0.25, 0.3) is 11.3 Å². The highest BCUT2D eigenvalue weighted by molar-refractivity contribution is 6.05. The third kappa shape index (κ3) is 5.24. The number of aryl methyl sites for hydroxylation is 1. The smallest absolute Gasteiger partial charge is 0.255 e. The Hall–Kier alpha value is -4.59. The summed E-state index contributed by atoms with van der Waals surface area (Å²) in [5.41, 5.74) is 4.99. The number of amides is 2. The maximum Gasteiger partial charge on any atom is 0.255 e. The predicted octanol–water partition coefficient (Wildman–Crippen LogP) is 4.54. The van der Waals surface area contributed by atoms with Crippen molar-refractivity contribution in [3.05, 3.63) is 95.9 Å². The maximum absolute atomic E-state index is 12.7. The number of pyridine rings is 1. The lowest BCUT2D eigenvalue weighted by Gasteiger charge is -2.13. The summed E-state index contributed by atoms with van der Waals surface area (Å²) in [4.78, 5) is 39.3. The van der Waals surface area contributed by atoms with Gasteiger partial charge in [-0.1, -0.05) is 6.07 Å². The zero-order chi connectivity index (χ0) is 24.1. The molecule has 2 amide bonds. The molecular weight excluding hydrogens is 428 g/mol. The Morgan fingerprint density at radius 2 is 1.68 bits per heavy atom. The van der Waals surface area contributed by atoms with Gasteiger partial charge in [0.25, 0.3) is 11.8 Å². The summed E-state index contributed by atoms with van der Waals surface area (Å²) >= 11 is 0. The number of hydrogen-bond donors (Lipinski definition) is 2. The SMILES string of the molecule is Cc1ccc(NC(=O)c2ccc(C(=O)N(C)C)cc2)cc1Nc1nccc(-c2cccnc2)n1. The molecule has 8 nitrogen and oxygen atoms in total. The Labute approximate surface area is 197 Å². The van der Waals surface area contributed by atoms with Crippen molar-refractivity contribution < 1.29 is 9.59 Å². The van der Waals surface area contributed by atoms with Crippen LogP contribution in [0.15, 0.2) is 79.3 Å². The van der Waals surface area contributed by atoms with Gasteiger partial charge in [0.05, 0.1) is 5.69 Å². The number of rotatable bonds is 6. The molecule has 170 valence electrons. The molecule has 2 aromatic carbocycles. The van der Waals surface area contributed by atoms with Crippen molar-refractivity contribution in [3.63, 3.8) is 0 Å². The van der Waals surface area contributed by atoms with Crippen LogP contribution in [0, 0.1) is 6.92 Å². The van der Waals surface area contributed by atoms with Gasteiger partial charge in [-0.15, -0.1) is 0 Å². The first-order valence-corrected chi connectivity index (χ1v) is 10.6. The number of carbonyl (C=O) groups excluding carboxylic acids is 2. The normalized spacial score (nSPS) is 10.4. The fourth-order valence-corrected chi connectivity index (χ4v) is 3.27. The topological polar surface area (TPSA) is 100 Å². The molecule has 2 aromatic heterocycles. The van der Waals surface area contributed by atoms with Gasteiger partial charge < -0.3 is 15.5 Å². The first kappa shape index (κ1) is 22.6. The van der Waals surface area contributed by atoms with Crippen molar-refractivity contribution in [2.75, 3.05) is 24.7 Å². The zero-order valence-electron chi connectivity index (χ0n) is 19.1. The van der Waals surface area contributed by atoms with Crippen molar-refractivity contribution >= 4 is 29.1 Å². The molecule has 0 unspecified atom stereocenters. The minimum absolute atomic E-state index is 0.115. The van der Waals surface area contributed by atoms with Gasteiger partial charge in [0.15, 0.2) is 0 Å². The van der Waals surface area contributed by atoms with E-state index in [1.807, 2.05) is 43.3 Å². The summed E-state index contributed by atoms with van der Waals surface area (Å²) in [6, 6.07) is 17.7. The molecule has 0 saturated carbocycles. The number of aromatic nitrogens is 3. The summed E-state index contributed by atoms with van der Waals surface area (Å²) in [5, 5.41) is 6.13. The van der Waals surface area contributed by atoms with E-state index in [9.17, 15) is 9.59 Å². The van der Waals surface area contributed by atoms with E-state index in [0.717, 1.165) is 22.5 Å². The van der Waals surface area contributed by atoms with Gasteiger partial charge in [0.2, 0.25) is 5.95 Å². The minimum Gasteiger partial charge on any atom is -0.345 e. The van der Waals surface area contributed by atoms with Crippen molar-refractivity contribution in [1.29, 1.82) is 0 Å². The number of nitrogens with zero attached hydrogens (tertiary/aromatic N) is 4. The molecule has 2 N–H and O–H groups in total. The molecule has 34 heavy (non-hydrogen) atoms. The van der Waals surface area contributed by atoms with Gasteiger partial charge in [-0.3, -0.25) is 14.6 Å². The van der Waals surface area contributed by atoms with Crippen molar-refractivity contribution in [2.24, 2.45) is 0 Å². The van der Waals surface area contributed by atoms with E-state index in [1.165, 1.54) is 4.90 Å². The van der Waals surface area contributed by atoms with Crippen LogP contribution in [0.4, 0.5) is 17.3 Å². The molecule has 0 saturated heterocycles. The summed E-state index contributed by atoms with van der Waals surface area (Å²) in [6.07, 6.45) is 5.14. The van der Waals surface area contributed by atoms with Gasteiger partial charge in [0, 0.05) is 60.8 Å². The van der Waals surface area contributed by atoms with Gasteiger partial charge in [0.1, 0.15) is 0 Å². The number of nitrogens with one attached hydrogen (secondary N) is 2. The second kappa shape index (κ2) is 9.91. The number of anilines is 3. The molecule has 0 radical (unpaired) electrons. The van der Waals surface area contributed by atoms with Crippen LogP contribution in [0.3, 0.4) is 0 Å². The van der Waals surface area contributed by atoms with Crippen molar-refractivity contribution in [1.82, 2.24) is 19.9 Å². The molecule has 0 spiro atoms. The highest BCUT2D eigenvalue weighted by Gasteiger charge is 2.12. The number of carbonyl (C=O) groups is 2. The van der Waals surface area contributed by atoms with E-state index in [0.29, 0.717) is 22.8 Å². The van der Waals surface area contributed by atoms with Crippen LogP contribution in [0.1, 0.15) is 26.3 Å². The van der Waals surface area contributed by atoms with Crippen LogP contribution in [-0.2, 0) is 0 Å². The van der Waals surface area contributed by atoms with E-state index >= 15 is 0 Å². The van der Waals surface area contributed by atoms with Crippen LogP contribution in [-0.4, -0.2) is 45.8 Å². The van der Waals surface area contributed by atoms with Crippen molar-refractivity contribution in [3.8, 4) is 11.3 Å². The Balaban J connectivity index is 1.49. The third-order valence-electron chi connectivity index (χ3n) is 5.16. The van der Waals surface area contributed by atoms with Crippen molar-refractivity contribution in [2.45, 2.75) is 6.92 Å². The summed E-state index contributed by atoms with van der Waals surface area (Å²) in [6.45, 7) is 1.96. The van der Waals surface area contributed by atoms with Gasteiger partial charge >= 0.3 is 0 Å². The van der Waals surface area contributed by atoms with Crippen LogP contribution >= 0.6 is 0 Å². The quantitative estimate of drug-likeness (QED) is 0.445. The lowest BCUT2D eigenvalue weighted by atomic mass is 10.1. The molecular formula is C26H24N6O2. The molecule has 8 heteroatoms. The second-order valence-electron chi connectivity index (χ2n) is 7.89. The van der Waals surface area contributed by atoms with Gasteiger partial charge in [-0.05, 0) is 67.1 Å². The van der Waals surface area contributed by atoms with Crippen LogP contribution < -0.4 is 10.6 Å². The van der Waals surface area contributed by atoms with Crippen LogP contribution in [0.2, 0.25) is 0 Å². The van der Waals surface area contributed by atoms with E-state index in [2.05, 4.69) is 25.6 Å². The summed E-state index contributed by atoms with van der Waals surface area (Å²) in [5.74, 6) is 0.0542. The Morgan fingerprint density at radius 3 is 2.38 bits per heavy atom. The Kier molecular flexibility index (Phi) is 6.59. The fourth-order valence-electron chi connectivity index (χ4n) is 3.27. The van der Waals surface area contributed by atoms with E-state index < -0.39 is 0 Å². The van der Waals surface area contributed by atoms with E-state index in [1.54, 1.807) is 57.0 Å². The fraction of sp³-hybridized carbons (Fsp3) is 0.115.